The van der Waals surface area contributed by atoms with Crippen LogP contribution in [-0.4, -0.2) is 31.6 Å². The average molecular weight is 304 g/mol. The Hall–Kier alpha value is -0.0900. The van der Waals surface area contributed by atoms with Gasteiger partial charge in [-0.05, 0) is 32.6 Å². The van der Waals surface area contributed by atoms with Crippen LogP contribution >= 0.6 is 0 Å². The topological polar surface area (TPSA) is 43.4 Å². The zero-order valence-corrected chi connectivity index (χ0v) is 14.3. The van der Waals surface area contributed by atoms with Gasteiger partial charge in [-0.25, -0.2) is 8.42 Å². The molecule has 0 N–H and O–H groups in total. The zero-order valence-electron chi connectivity index (χ0n) is 13.5. The van der Waals surface area contributed by atoms with Gasteiger partial charge in [0.15, 0.2) is 9.84 Å². The summed E-state index contributed by atoms with van der Waals surface area (Å²) in [6.45, 7) is 7.37. The maximum absolute atomic E-state index is 12.9. The lowest BCUT2D eigenvalue weighted by atomic mass is 9.99. The zero-order chi connectivity index (χ0) is 15.1. The van der Waals surface area contributed by atoms with E-state index < -0.39 is 14.6 Å². The Morgan fingerprint density at radius 3 is 2.20 bits per heavy atom. The Morgan fingerprint density at radius 2 is 1.65 bits per heavy atom. The van der Waals surface area contributed by atoms with Crippen LogP contribution in [0.3, 0.4) is 0 Å². The molecule has 1 aliphatic heterocycles. The van der Waals surface area contributed by atoms with Crippen molar-refractivity contribution in [3.63, 3.8) is 0 Å². The van der Waals surface area contributed by atoms with Gasteiger partial charge in [0.05, 0.1) is 10.00 Å². The van der Waals surface area contributed by atoms with E-state index in [1.165, 1.54) is 19.3 Å². The summed E-state index contributed by atoms with van der Waals surface area (Å²) in [5, 5.41) is -0.183. The summed E-state index contributed by atoms with van der Waals surface area (Å²) in [6, 6.07) is 0. The molecule has 1 heterocycles. The van der Waals surface area contributed by atoms with Gasteiger partial charge >= 0.3 is 0 Å². The summed E-state index contributed by atoms with van der Waals surface area (Å²) in [5.74, 6) is 0. The van der Waals surface area contributed by atoms with E-state index >= 15 is 0 Å². The number of unbranched alkanes of at least 4 members (excludes halogenated alkanes) is 4. The molecule has 1 saturated heterocycles. The molecule has 0 aromatic rings. The molecule has 1 atom stereocenters. The van der Waals surface area contributed by atoms with Crippen LogP contribution in [-0.2, 0) is 14.6 Å². The Morgan fingerprint density at radius 1 is 1.05 bits per heavy atom. The molecule has 0 spiro atoms. The third kappa shape index (κ3) is 4.45. The van der Waals surface area contributed by atoms with Crippen molar-refractivity contribution >= 4 is 9.84 Å². The molecule has 0 aromatic carbocycles. The fourth-order valence-corrected chi connectivity index (χ4v) is 5.46. The van der Waals surface area contributed by atoms with E-state index in [0.29, 0.717) is 26.1 Å². The molecular weight excluding hydrogens is 272 g/mol. The maximum Gasteiger partial charge on any atom is 0.158 e. The maximum atomic E-state index is 12.9. The number of rotatable bonds is 9. The Bertz CT molecular complexity index is 358. The molecule has 0 bridgehead atoms. The monoisotopic (exact) mass is 304 g/mol. The number of ether oxygens (including phenoxy) is 1. The van der Waals surface area contributed by atoms with Gasteiger partial charge in [-0.2, -0.15) is 0 Å². The van der Waals surface area contributed by atoms with E-state index in [1.54, 1.807) is 0 Å². The van der Waals surface area contributed by atoms with Crippen LogP contribution < -0.4 is 0 Å². The molecule has 1 aliphatic rings. The second kappa shape index (κ2) is 8.38. The van der Waals surface area contributed by atoms with E-state index in [9.17, 15) is 8.42 Å². The van der Waals surface area contributed by atoms with Crippen molar-refractivity contribution in [2.45, 2.75) is 88.6 Å². The van der Waals surface area contributed by atoms with Crippen molar-refractivity contribution in [2.75, 3.05) is 13.2 Å². The predicted molar refractivity (Wildman–Crippen MR) is 84.8 cm³/mol. The normalized spacial score (nSPS) is 20.8. The quantitative estimate of drug-likeness (QED) is 0.602. The molecule has 1 unspecified atom stereocenters. The number of sulfone groups is 1. The summed E-state index contributed by atoms with van der Waals surface area (Å²) in [6.07, 6.45) is 8.79. The average Bonchev–Trinajstić information content (AvgIpc) is 2.47. The lowest BCUT2D eigenvalue weighted by Crippen LogP contribution is -2.44. The first kappa shape index (κ1) is 18.0. The number of hydrogen-bond donors (Lipinski definition) is 0. The molecule has 20 heavy (non-hydrogen) atoms. The molecule has 120 valence electrons. The second-order valence-electron chi connectivity index (χ2n) is 6.32. The van der Waals surface area contributed by atoms with Crippen LogP contribution in [0.1, 0.15) is 78.6 Å². The van der Waals surface area contributed by atoms with Crippen molar-refractivity contribution in [3.8, 4) is 0 Å². The van der Waals surface area contributed by atoms with E-state index in [0.717, 1.165) is 25.7 Å². The molecular formula is C16H32O3S. The molecule has 0 aromatic heterocycles. The van der Waals surface area contributed by atoms with Crippen molar-refractivity contribution < 1.29 is 13.2 Å². The first-order chi connectivity index (χ1) is 9.48. The minimum atomic E-state index is -3.05. The Labute approximate surface area is 125 Å². The molecule has 1 rings (SSSR count). The van der Waals surface area contributed by atoms with Crippen molar-refractivity contribution in [2.24, 2.45) is 0 Å². The highest BCUT2D eigenvalue weighted by Crippen LogP contribution is 2.34. The predicted octanol–water partition coefficient (Wildman–Crippen LogP) is 4.11. The van der Waals surface area contributed by atoms with Gasteiger partial charge in [0.25, 0.3) is 0 Å². The first-order valence-electron chi connectivity index (χ1n) is 8.29. The highest BCUT2D eigenvalue weighted by Gasteiger charge is 2.42. The van der Waals surface area contributed by atoms with Crippen molar-refractivity contribution in [3.05, 3.63) is 0 Å². The van der Waals surface area contributed by atoms with Crippen LogP contribution in [0.25, 0.3) is 0 Å². The molecule has 0 radical (unpaired) electrons. The molecule has 0 aliphatic carbocycles. The van der Waals surface area contributed by atoms with Gasteiger partial charge in [0.2, 0.25) is 0 Å². The van der Waals surface area contributed by atoms with Gasteiger partial charge in [-0.3, -0.25) is 0 Å². The van der Waals surface area contributed by atoms with Gasteiger partial charge in [0, 0.05) is 13.2 Å². The summed E-state index contributed by atoms with van der Waals surface area (Å²) in [5.41, 5.74) is 0. The van der Waals surface area contributed by atoms with E-state index in [-0.39, 0.29) is 5.25 Å². The first-order valence-corrected chi connectivity index (χ1v) is 9.83. The fourth-order valence-electron chi connectivity index (χ4n) is 3.01. The van der Waals surface area contributed by atoms with Crippen molar-refractivity contribution in [1.82, 2.24) is 0 Å². The second-order valence-corrected chi connectivity index (χ2v) is 9.07. The van der Waals surface area contributed by atoms with E-state index in [2.05, 4.69) is 6.92 Å². The lowest BCUT2D eigenvalue weighted by Gasteiger charge is -2.34. The summed E-state index contributed by atoms with van der Waals surface area (Å²) in [7, 11) is -3.05. The molecule has 1 fully saturated rings. The highest BCUT2D eigenvalue weighted by atomic mass is 32.2. The molecule has 3 nitrogen and oxygen atoms in total. The van der Waals surface area contributed by atoms with Crippen molar-refractivity contribution in [1.29, 1.82) is 0 Å². The fraction of sp³-hybridized carbons (Fsp3) is 1.00. The minimum Gasteiger partial charge on any atom is -0.381 e. The smallest absolute Gasteiger partial charge is 0.158 e. The molecule has 0 saturated carbocycles. The molecule has 0 amide bonds. The van der Waals surface area contributed by atoms with Crippen LogP contribution in [0.4, 0.5) is 0 Å². The van der Waals surface area contributed by atoms with E-state index in [1.807, 2.05) is 13.8 Å². The Balaban J connectivity index is 2.60. The lowest BCUT2D eigenvalue weighted by molar-refractivity contribution is 0.0978. The third-order valence-electron chi connectivity index (χ3n) is 4.85. The summed E-state index contributed by atoms with van der Waals surface area (Å²) in [4.78, 5) is 0. The van der Waals surface area contributed by atoms with Crippen LogP contribution in [0.2, 0.25) is 0 Å². The van der Waals surface area contributed by atoms with Gasteiger partial charge < -0.3 is 4.74 Å². The van der Waals surface area contributed by atoms with Gasteiger partial charge in [-0.15, -0.1) is 0 Å². The summed E-state index contributed by atoms with van der Waals surface area (Å²) < 4.78 is 30.6. The minimum absolute atomic E-state index is 0.183. The third-order valence-corrected chi connectivity index (χ3v) is 8.07. The Kier molecular flexibility index (Phi) is 7.52. The van der Waals surface area contributed by atoms with Crippen LogP contribution in [0.15, 0.2) is 0 Å². The van der Waals surface area contributed by atoms with Gasteiger partial charge in [-0.1, -0.05) is 46.0 Å². The van der Waals surface area contributed by atoms with Crippen LogP contribution in [0.5, 0.6) is 0 Å². The largest absolute Gasteiger partial charge is 0.381 e. The molecule has 4 heteroatoms. The standard InChI is InChI=1S/C16H32O3S/c1-4-6-7-8-9-12-16(3,5-2)20(17,18)15-10-13-19-14-11-15/h15H,4-14H2,1-3H3. The highest BCUT2D eigenvalue weighted by molar-refractivity contribution is 7.93. The van der Waals surface area contributed by atoms with Gasteiger partial charge in [0.1, 0.15) is 0 Å². The van der Waals surface area contributed by atoms with E-state index in [4.69, 9.17) is 4.74 Å². The number of hydrogen-bond acceptors (Lipinski definition) is 3. The summed E-state index contributed by atoms with van der Waals surface area (Å²) >= 11 is 0. The SMILES string of the molecule is CCCCCCCC(C)(CC)S(=O)(=O)C1CCOCC1. The van der Waals surface area contributed by atoms with Crippen LogP contribution in [0, 0.1) is 0 Å².